The van der Waals surface area contributed by atoms with Gasteiger partial charge in [-0.25, -0.2) is 0 Å². The third kappa shape index (κ3) is 9.39. The van der Waals surface area contributed by atoms with Crippen LogP contribution in [0.15, 0.2) is 157 Å². The molecule has 0 aliphatic carbocycles. The molecule has 0 aromatic heterocycles. The Morgan fingerprint density at radius 2 is 0.935 bits per heavy atom. The minimum Gasteiger partial charge on any atom is -0.374 e. The minimum absolute atomic E-state index is 0.325. The molecule has 1 heterocycles. The van der Waals surface area contributed by atoms with Crippen LogP contribution >= 0.6 is 11.8 Å². The Bertz CT molecular complexity index is 1540. The Kier molecular flexibility index (Phi) is 12.1. The molecule has 46 heavy (non-hydrogen) atoms. The van der Waals surface area contributed by atoms with Crippen LogP contribution in [0.25, 0.3) is 0 Å². The van der Waals surface area contributed by atoms with Crippen LogP contribution in [0.1, 0.15) is 22.3 Å². The zero-order valence-corrected chi connectivity index (χ0v) is 26.6. The molecule has 0 radical (unpaired) electrons. The summed E-state index contributed by atoms with van der Waals surface area (Å²) < 4.78 is 33.4. The first kappa shape index (κ1) is 32.2. The second-order valence-corrected chi connectivity index (χ2v) is 12.4. The van der Waals surface area contributed by atoms with Gasteiger partial charge in [0.15, 0.2) is 0 Å². The van der Waals surface area contributed by atoms with E-state index in [1.807, 2.05) is 91.0 Å². The highest BCUT2D eigenvalue weighted by molar-refractivity contribution is 7.99. The van der Waals surface area contributed by atoms with Gasteiger partial charge in [0.2, 0.25) is 0 Å². The van der Waals surface area contributed by atoms with Crippen molar-refractivity contribution in [3.05, 3.63) is 174 Å². The van der Waals surface area contributed by atoms with Crippen molar-refractivity contribution in [2.24, 2.45) is 0 Å². The highest BCUT2D eigenvalue weighted by atomic mass is 32.2. The molecule has 236 valence electrons. The number of hydrogen-bond acceptors (Lipinski definition) is 6. The monoisotopic (exact) mass is 632 g/mol. The molecular weight excluding hydrogens is 593 g/mol. The average Bonchev–Trinajstić information content (AvgIpc) is 3.46. The highest BCUT2D eigenvalue weighted by Crippen LogP contribution is 2.40. The largest absolute Gasteiger partial charge is 0.374 e. The van der Waals surface area contributed by atoms with E-state index in [2.05, 4.69) is 60.7 Å². The fourth-order valence-electron chi connectivity index (χ4n) is 5.46. The maximum Gasteiger partial charge on any atom is 0.137 e. The van der Waals surface area contributed by atoms with Gasteiger partial charge in [-0.05, 0) is 34.4 Å². The summed E-state index contributed by atoms with van der Waals surface area (Å²) in [6.45, 7) is 2.11. The van der Waals surface area contributed by atoms with Crippen LogP contribution in [0.2, 0.25) is 0 Å². The second kappa shape index (κ2) is 17.2. The quantitative estimate of drug-likeness (QED) is 0.109. The number of rotatable bonds is 16. The average molecular weight is 633 g/mol. The number of thioether (sulfide) groups is 1. The summed E-state index contributed by atoms with van der Waals surface area (Å²) in [5.41, 5.74) is 4.05. The molecule has 6 rings (SSSR count). The molecule has 1 aliphatic rings. The lowest BCUT2D eigenvalue weighted by Crippen LogP contribution is -2.44. The van der Waals surface area contributed by atoms with Crippen molar-refractivity contribution in [1.82, 2.24) is 0 Å². The van der Waals surface area contributed by atoms with E-state index in [1.165, 1.54) is 0 Å². The first-order valence-corrected chi connectivity index (χ1v) is 16.7. The molecule has 0 spiro atoms. The molecule has 5 aromatic rings. The number of benzene rings is 5. The van der Waals surface area contributed by atoms with E-state index in [1.54, 1.807) is 11.8 Å². The van der Waals surface area contributed by atoms with Gasteiger partial charge in [0.05, 0.1) is 33.0 Å². The van der Waals surface area contributed by atoms with Crippen molar-refractivity contribution in [2.45, 2.75) is 61.2 Å². The zero-order chi connectivity index (χ0) is 31.2. The van der Waals surface area contributed by atoms with Crippen LogP contribution in [-0.2, 0) is 50.1 Å². The molecule has 1 fully saturated rings. The van der Waals surface area contributed by atoms with Crippen LogP contribution in [0.3, 0.4) is 0 Å². The van der Waals surface area contributed by atoms with Gasteiger partial charge in [0.25, 0.3) is 0 Å². The molecule has 1 aliphatic heterocycles. The Morgan fingerprint density at radius 1 is 0.500 bits per heavy atom. The summed E-state index contributed by atoms with van der Waals surface area (Å²) in [4.78, 5) is 1.10. The lowest BCUT2D eigenvalue weighted by molar-refractivity contribution is -0.138. The van der Waals surface area contributed by atoms with Gasteiger partial charge in [0, 0.05) is 4.90 Å². The molecule has 0 bridgehead atoms. The van der Waals surface area contributed by atoms with Crippen molar-refractivity contribution in [3.8, 4) is 0 Å². The maximum absolute atomic E-state index is 6.93. The van der Waals surface area contributed by atoms with Crippen molar-refractivity contribution < 1.29 is 23.7 Å². The molecule has 5 aromatic carbocycles. The van der Waals surface area contributed by atoms with E-state index in [4.69, 9.17) is 23.7 Å². The standard InChI is InChI=1S/C40H40O5S/c1-6-16-31(17-7-1)26-41-30-36(42-27-32-18-8-2-9-19-32)37-38(43-28-33-20-10-3-11-21-33)39(44-29-34-22-12-4-13-23-34)40(45-37)46-35-24-14-5-15-25-35/h1-25,36-40H,26-30H2/t36-,37-,38+,39+,40-/m1/s1. The first-order valence-electron chi connectivity index (χ1n) is 15.8. The van der Waals surface area contributed by atoms with Crippen LogP contribution in [0, 0.1) is 0 Å². The normalized spacial score (nSPS) is 20.0. The molecule has 0 N–H and O–H groups in total. The lowest BCUT2D eigenvalue weighted by atomic mass is 10.1. The van der Waals surface area contributed by atoms with Gasteiger partial charge in [-0.15, -0.1) is 0 Å². The summed E-state index contributed by atoms with van der Waals surface area (Å²) in [6, 6.07) is 51.2. The summed E-state index contributed by atoms with van der Waals surface area (Å²) in [5, 5.41) is 0. The molecule has 0 unspecified atom stereocenters. The SMILES string of the molecule is c1ccc(COC[C@@H](OCc2ccccc2)[C@H]2O[C@H](Sc3ccccc3)[C@@H](OCc3ccccc3)[C@H]2OCc2ccccc2)cc1. The van der Waals surface area contributed by atoms with E-state index >= 15 is 0 Å². The Morgan fingerprint density at radius 3 is 1.46 bits per heavy atom. The van der Waals surface area contributed by atoms with E-state index in [0.717, 1.165) is 27.1 Å². The van der Waals surface area contributed by atoms with Crippen LogP contribution < -0.4 is 0 Å². The molecule has 1 saturated heterocycles. The predicted molar refractivity (Wildman–Crippen MR) is 182 cm³/mol. The van der Waals surface area contributed by atoms with Gasteiger partial charge in [-0.3, -0.25) is 0 Å². The van der Waals surface area contributed by atoms with E-state index in [-0.39, 0.29) is 11.5 Å². The summed E-state index contributed by atoms with van der Waals surface area (Å²) in [6.07, 6.45) is -1.62. The second-order valence-electron chi connectivity index (χ2n) is 11.3. The summed E-state index contributed by atoms with van der Waals surface area (Å²) in [5.74, 6) is 0. The van der Waals surface area contributed by atoms with Gasteiger partial charge < -0.3 is 23.7 Å². The van der Waals surface area contributed by atoms with Gasteiger partial charge in [-0.2, -0.15) is 0 Å². The minimum atomic E-state index is -0.440. The van der Waals surface area contributed by atoms with E-state index in [0.29, 0.717) is 33.0 Å². The topological polar surface area (TPSA) is 46.2 Å². The first-order chi connectivity index (χ1) is 22.8. The highest BCUT2D eigenvalue weighted by Gasteiger charge is 2.50. The van der Waals surface area contributed by atoms with Crippen LogP contribution in [0.5, 0.6) is 0 Å². The smallest absolute Gasteiger partial charge is 0.137 e. The molecule has 0 saturated carbocycles. The Balaban J connectivity index is 1.28. The zero-order valence-electron chi connectivity index (χ0n) is 25.8. The third-order valence-electron chi connectivity index (χ3n) is 7.84. The van der Waals surface area contributed by atoms with E-state index in [9.17, 15) is 0 Å². The van der Waals surface area contributed by atoms with Gasteiger partial charge >= 0.3 is 0 Å². The van der Waals surface area contributed by atoms with Gasteiger partial charge in [0.1, 0.15) is 29.9 Å². The molecule has 6 heteroatoms. The molecular formula is C40H40O5S. The predicted octanol–water partition coefficient (Wildman–Crippen LogP) is 8.48. The maximum atomic E-state index is 6.93. The Labute approximate surface area is 276 Å². The summed E-state index contributed by atoms with van der Waals surface area (Å²) >= 11 is 1.65. The van der Waals surface area contributed by atoms with Crippen molar-refractivity contribution in [3.63, 3.8) is 0 Å². The van der Waals surface area contributed by atoms with Crippen molar-refractivity contribution in [2.75, 3.05) is 6.61 Å². The fraction of sp³-hybridized carbons (Fsp3) is 0.250. The fourth-order valence-corrected chi connectivity index (χ4v) is 6.59. The summed E-state index contributed by atoms with van der Waals surface area (Å²) in [7, 11) is 0. The van der Waals surface area contributed by atoms with Crippen LogP contribution in [-0.4, -0.2) is 36.5 Å². The molecule has 5 atom stereocenters. The van der Waals surface area contributed by atoms with Crippen LogP contribution in [0.4, 0.5) is 0 Å². The number of ether oxygens (including phenoxy) is 5. The Hall–Kier alpha value is -3.75. The van der Waals surface area contributed by atoms with Crippen molar-refractivity contribution in [1.29, 1.82) is 0 Å². The molecule has 5 nitrogen and oxygen atoms in total. The van der Waals surface area contributed by atoms with E-state index < -0.39 is 18.3 Å². The third-order valence-corrected chi connectivity index (χ3v) is 9.00. The number of hydrogen-bond donors (Lipinski definition) is 0. The molecule has 0 amide bonds. The van der Waals surface area contributed by atoms with Crippen molar-refractivity contribution >= 4 is 11.8 Å². The lowest BCUT2D eigenvalue weighted by Gasteiger charge is -2.29. The van der Waals surface area contributed by atoms with Gasteiger partial charge in [-0.1, -0.05) is 151 Å².